The molecule has 0 bridgehead atoms. The lowest BCUT2D eigenvalue weighted by atomic mass is 10.2. The number of benzene rings is 1. The van der Waals surface area contributed by atoms with Crippen LogP contribution in [0.4, 0.5) is 5.82 Å². The molecule has 0 saturated carbocycles. The zero-order chi connectivity index (χ0) is 17.5. The number of aryl methyl sites for hydroxylation is 1. The zero-order valence-corrected chi connectivity index (χ0v) is 15.1. The van der Waals surface area contributed by atoms with Gasteiger partial charge in [0.25, 0.3) is 0 Å². The van der Waals surface area contributed by atoms with Crippen LogP contribution in [0.25, 0.3) is 11.0 Å². The van der Waals surface area contributed by atoms with Gasteiger partial charge in [0.1, 0.15) is 6.26 Å². The number of nitrogens with one attached hydrogen (secondary N) is 1. The Morgan fingerprint density at radius 1 is 1.24 bits per heavy atom. The first-order valence-corrected chi connectivity index (χ1v) is 9.55. The molecule has 0 fully saturated rings. The number of thioether (sulfide) groups is 1. The normalized spacial score (nSPS) is 11.1. The second kappa shape index (κ2) is 8.71. The van der Waals surface area contributed by atoms with E-state index in [0.29, 0.717) is 5.82 Å². The molecule has 3 aromatic rings. The Labute approximate surface area is 151 Å². The van der Waals surface area contributed by atoms with E-state index in [1.807, 2.05) is 18.2 Å². The van der Waals surface area contributed by atoms with Crippen LogP contribution in [0.5, 0.6) is 0 Å². The van der Waals surface area contributed by atoms with Gasteiger partial charge in [-0.3, -0.25) is 4.79 Å². The average Bonchev–Trinajstić information content (AvgIpc) is 3.24. The molecule has 0 spiro atoms. The molecule has 2 aromatic heterocycles. The first-order chi connectivity index (χ1) is 12.3. The number of rotatable bonds is 9. The van der Waals surface area contributed by atoms with Crippen LogP contribution < -0.4 is 5.32 Å². The summed E-state index contributed by atoms with van der Waals surface area (Å²) in [5, 5.41) is 7.27. The summed E-state index contributed by atoms with van der Waals surface area (Å²) < 4.78 is 6.93. The maximum Gasteiger partial charge on any atom is 0.236 e. The van der Waals surface area contributed by atoms with E-state index in [-0.39, 0.29) is 11.7 Å². The van der Waals surface area contributed by atoms with Gasteiger partial charge in [-0.25, -0.2) is 4.98 Å². The van der Waals surface area contributed by atoms with Crippen LogP contribution in [0, 0.1) is 0 Å². The molecule has 2 heterocycles. The van der Waals surface area contributed by atoms with E-state index >= 15 is 0 Å². The molecule has 7 heteroatoms. The standard InChI is InChI=1S/C18H22N4O2S/c1-2-3-4-7-11-22-15-9-6-5-8-14(15)19-18(22)25-13-17(23)20-16-10-12-24-21-16/h5-6,8-10,12H,2-4,7,11,13H2,1H3,(H,20,21,23). The van der Waals surface area contributed by atoms with Gasteiger partial charge >= 0.3 is 0 Å². The lowest BCUT2D eigenvalue weighted by molar-refractivity contribution is -0.113. The van der Waals surface area contributed by atoms with Gasteiger partial charge in [0.2, 0.25) is 5.91 Å². The van der Waals surface area contributed by atoms with E-state index in [9.17, 15) is 4.79 Å². The topological polar surface area (TPSA) is 73.0 Å². The molecule has 0 radical (unpaired) electrons. The van der Waals surface area contributed by atoms with Gasteiger partial charge in [0, 0.05) is 12.6 Å². The minimum atomic E-state index is -0.122. The van der Waals surface area contributed by atoms with Crippen molar-refractivity contribution < 1.29 is 9.32 Å². The molecular formula is C18H22N4O2S. The van der Waals surface area contributed by atoms with Crippen LogP contribution in [-0.2, 0) is 11.3 Å². The van der Waals surface area contributed by atoms with Crippen molar-refractivity contribution in [2.75, 3.05) is 11.1 Å². The number of para-hydroxylation sites is 2. The van der Waals surface area contributed by atoms with Crippen LogP contribution in [0.15, 0.2) is 46.3 Å². The van der Waals surface area contributed by atoms with Crippen molar-refractivity contribution in [3.63, 3.8) is 0 Å². The molecular weight excluding hydrogens is 336 g/mol. The van der Waals surface area contributed by atoms with Crippen molar-refractivity contribution in [1.29, 1.82) is 0 Å². The molecule has 0 aliphatic rings. The molecule has 0 aliphatic heterocycles. The lowest BCUT2D eigenvalue weighted by Crippen LogP contribution is -2.14. The highest BCUT2D eigenvalue weighted by atomic mass is 32.2. The fourth-order valence-electron chi connectivity index (χ4n) is 2.66. The average molecular weight is 358 g/mol. The molecule has 3 rings (SSSR count). The summed E-state index contributed by atoms with van der Waals surface area (Å²) in [6.07, 6.45) is 6.22. The zero-order valence-electron chi connectivity index (χ0n) is 14.3. The Balaban J connectivity index is 1.67. The molecule has 0 aliphatic carbocycles. The highest BCUT2D eigenvalue weighted by molar-refractivity contribution is 7.99. The number of nitrogens with zero attached hydrogens (tertiary/aromatic N) is 3. The Morgan fingerprint density at radius 2 is 2.12 bits per heavy atom. The monoisotopic (exact) mass is 358 g/mol. The highest BCUT2D eigenvalue weighted by Gasteiger charge is 2.13. The lowest BCUT2D eigenvalue weighted by Gasteiger charge is -2.08. The fourth-order valence-corrected chi connectivity index (χ4v) is 3.50. The van der Waals surface area contributed by atoms with Crippen molar-refractivity contribution in [2.24, 2.45) is 0 Å². The number of imidazole rings is 1. The Morgan fingerprint density at radius 3 is 2.92 bits per heavy atom. The summed E-state index contributed by atoms with van der Waals surface area (Å²) in [5.74, 6) is 0.590. The molecule has 1 N–H and O–H groups in total. The Hall–Kier alpha value is -2.28. The van der Waals surface area contributed by atoms with Crippen molar-refractivity contribution in [2.45, 2.75) is 44.3 Å². The molecule has 132 valence electrons. The number of hydrogen-bond acceptors (Lipinski definition) is 5. The number of carbonyl (C=O) groups is 1. The minimum Gasteiger partial charge on any atom is -0.363 e. The van der Waals surface area contributed by atoms with E-state index in [1.54, 1.807) is 6.07 Å². The third kappa shape index (κ3) is 4.63. The molecule has 0 unspecified atom stereocenters. The minimum absolute atomic E-state index is 0.122. The molecule has 6 nitrogen and oxygen atoms in total. The maximum atomic E-state index is 12.1. The summed E-state index contributed by atoms with van der Waals surface area (Å²) in [5.41, 5.74) is 2.09. The van der Waals surface area contributed by atoms with Gasteiger partial charge in [-0.15, -0.1) is 0 Å². The number of aromatic nitrogens is 3. The van der Waals surface area contributed by atoms with Crippen molar-refractivity contribution in [3.8, 4) is 0 Å². The number of fused-ring (bicyclic) bond motifs is 1. The summed E-state index contributed by atoms with van der Waals surface area (Å²) in [6, 6.07) is 9.73. The fraction of sp³-hybridized carbons (Fsp3) is 0.389. The first kappa shape index (κ1) is 17.5. The predicted molar refractivity (Wildman–Crippen MR) is 99.7 cm³/mol. The SMILES string of the molecule is CCCCCCn1c(SCC(=O)Nc2ccon2)nc2ccccc21. The van der Waals surface area contributed by atoms with E-state index in [2.05, 4.69) is 28.0 Å². The third-order valence-corrected chi connectivity index (χ3v) is 4.87. The second-order valence-corrected chi connectivity index (χ2v) is 6.76. The summed E-state index contributed by atoms with van der Waals surface area (Å²) in [6.45, 7) is 3.13. The van der Waals surface area contributed by atoms with Gasteiger partial charge in [-0.1, -0.05) is 55.2 Å². The van der Waals surface area contributed by atoms with E-state index < -0.39 is 0 Å². The number of unbranched alkanes of at least 4 members (excludes halogenated alkanes) is 3. The Bertz CT molecular complexity index is 814. The van der Waals surface area contributed by atoms with Crippen LogP contribution >= 0.6 is 11.8 Å². The molecule has 25 heavy (non-hydrogen) atoms. The molecule has 1 amide bonds. The van der Waals surface area contributed by atoms with Gasteiger partial charge in [0.05, 0.1) is 16.8 Å². The van der Waals surface area contributed by atoms with Crippen molar-refractivity contribution >= 4 is 34.5 Å². The molecule has 0 atom stereocenters. The van der Waals surface area contributed by atoms with Gasteiger partial charge in [-0.2, -0.15) is 0 Å². The number of carbonyl (C=O) groups excluding carboxylic acids is 1. The van der Waals surface area contributed by atoms with E-state index in [4.69, 9.17) is 9.51 Å². The summed E-state index contributed by atoms with van der Waals surface area (Å²) >= 11 is 1.45. The number of anilines is 1. The largest absolute Gasteiger partial charge is 0.363 e. The third-order valence-electron chi connectivity index (χ3n) is 3.89. The van der Waals surface area contributed by atoms with E-state index in [1.165, 1.54) is 37.3 Å². The highest BCUT2D eigenvalue weighted by Crippen LogP contribution is 2.25. The first-order valence-electron chi connectivity index (χ1n) is 8.56. The predicted octanol–water partition coefficient (Wildman–Crippen LogP) is 4.34. The van der Waals surface area contributed by atoms with Crippen LogP contribution in [-0.4, -0.2) is 26.4 Å². The quantitative estimate of drug-likeness (QED) is 0.455. The van der Waals surface area contributed by atoms with Crippen molar-refractivity contribution in [3.05, 3.63) is 36.6 Å². The van der Waals surface area contributed by atoms with Gasteiger partial charge < -0.3 is 14.4 Å². The van der Waals surface area contributed by atoms with E-state index in [0.717, 1.165) is 29.2 Å². The molecule has 1 aromatic carbocycles. The summed E-state index contributed by atoms with van der Waals surface area (Å²) in [4.78, 5) is 16.8. The maximum absolute atomic E-state index is 12.1. The molecule has 0 saturated heterocycles. The van der Waals surface area contributed by atoms with Gasteiger partial charge in [0.15, 0.2) is 11.0 Å². The van der Waals surface area contributed by atoms with Crippen LogP contribution in [0.1, 0.15) is 32.6 Å². The van der Waals surface area contributed by atoms with Gasteiger partial charge in [-0.05, 0) is 18.6 Å². The number of amides is 1. The smallest absolute Gasteiger partial charge is 0.236 e. The number of hydrogen-bond donors (Lipinski definition) is 1. The van der Waals surface area contributed by atoms with Crippen LogP contribution in [0.3, 0.4) is 0 Å². The summed E-state index contributed by atoms with van der Waals surface area (Å²) in [7, 11) is 0. The Kier molecular flexibility index (Phi) is 6.11. The van der Waals surface area contributed by atoms with Crippen LogP contribution in [0.2, 0.25) is 0 Å². The second-order valence-electron chi connectivity index (χ2n) is 5.82. The van der Waals surface area contributed by atoms with Crippen molar-refractivity contribution in [1.82, 2.24) is 14.7 Å².